The smallest absolute Gasteiger partial charge is 0.229 e. The highest BCUT2D eigenvalue weighted by molar-refractivity contribution is 7.92. The van der Waals surface area contributed by atoms with E-state index in [2.05, 4.69) is 21.1 Å². The van der Waals surface area contributed by atoms with Gasteiger partial charge in [-0.3, -0.25) is 9.71 Å². The van der Waals surface area contributed by atoms with Crippen molar-refractivity contribution in [1.82, 2.24) is 4.98 Å². The Kier molecular flexibility index (Phi) is 3.55. The van der Waals surface area contributed by atoms with Crippen molar-refractivity contribution in [2.75, 3.05) is 16.3 Å². The summed E-state index contributed by atoms with van der Waals surface area (Å²) in [6.45, 7) is 0. The number of hydrogen-bond donors (Lipinski definition) is 2. The Balaban J connectivity index is 1.79. The number of rotatable bonds is 4. The number of sulfonamides is 1. The average Bonchev–Trinajstić information content (AvgIpc) is 2.81. The van der Waals surface area contributed by atoms with E-state index in [-0.39, 0.29) is 6.04 Å². The molecule has 1 aliphatic rings. The maximum atomic E-state index is 11.3. The van der Waals surface area contributed by atoms with Gasteiger partial charge in [-0.25, -0.2) is 8.42 Å². The van der Waals surface area contributed by atoms with Gasteiger partial charge < -0.3 is 5.32 Å². The molecule has 1 unspecified atom stereocenters. The molecule has 110 valence electrons. The van der Waals surface area contributed by atoms with Gasteiger partial charge in [0.2, 0.25) is 10.0 Å². The molecule has 0 fully saturated rings. The van der Waals surface area contributed by atoms with Gasteiger partial charge in [-0.05, 0) is 42.7 Å². The SMILES string of the molecule is CS(=O)(=O)Nc1cccc(NC2CCc3cccnc32)c1. The van der Waals surface area contributed by atoms with Crippen molar-refractivity contribution in [1.29, 1.82) is 0 Å². The van der Waals surface area contributed by atoms with Crippen LogP contribution < -0.4 is 10.0 Å². The lowest BCUT2D eigenvalue weighted by Crippen LogP contribution is -2.11. The molecule has 0 radical (unpaired) electrons. The fraction of sp³-hybridized carbons (Fsp3) is 0.267. The van der Waals surface area contributed by atoms with Crippen LogP contribution in [0.1, 0.15) is 23.7 Å². The normalized spacial score (nSPS) is 17.3. The molecule has 1 heterocycles. The van der Waals surface area contributed by atoms with Crippen molar-refractivity contribution >= 4 is 21.4 Å². The molecule has 0 saturated heterocycles. The predicted octanol–water partition coefficient (Wildman–Crippen LogP) is 2.55. The van der Waals surface area contributed by atoms with Gasteiger partial charge in [-0.15, -0.1) is 0 Å². The summed E-state index contributed by atoms with van der Waals surface area (Å²) in [4.78, 5) is 4.44. The monoisotopic (exact) mass is 303 g/mol. The lowest BCUT2D eigenvalue weighted by Gasteiger charge is -2.15. The predicted molar refractivity (Wildman–Crippen MR) is 83.8 cm³/mol. The maximum Gasteiger partial charge on any atom is 0.229 e. The van der Waals surface area contributed by atoms with Gasteiger partial charge in [0.1, 0.15) is 0 Å². The summed E-state index contributed by atoms with van der Waals surface area (Å²) in [5.74, 6) is 0. The average molecular weight is 303 g/mol. The van der Waals surface area contributed by atoms with Crippen molar-refractivity contribution in [3.63, 3.8) is 0 Å². The summed E-state index contributed by atoms with van der Waals surface area (Å²) in [6, 6.07) is 11.5. The van der Waals surface area contributed by atoms with E-state index in [1.807, 2.05) is 18.2 Å². The molecule has 1 aromatic carbocycles. The first-order valence-corrected chi connectivity index (χ1v) is 8.68. The molecule has 0 bridgehead atoms. The highest BCUT2D eigenvalue weighted by atomic mass is 32.2. The number of nitrogens with zero attached hydrogens (tertiary/aromatic N) is 1. The summed E-state index contributed by atoms with van der Waals surface area (Å²) in [6.07, 6.45) is 4.96. The summed E-state index contributed by atoms with van der Waals surface area (Å²) in [5.41, 5.74) is 3.80. The molecule has 0 spiro atoms. The molecule has 0 amide bonds. The van der Waals surface area contributed by atoms with Crippen molar-refractivity contribution in [3.05, 3.63) is 53.9 Å². The minimum atomic E-state index is -3.26. The third kappa shape index (κ3) is 3.33. The number of fused-ring (bicyclic) bond motifs is 1. The summed E-state index contributed by atoms with van der Waals surface area (Å²) in [7, 11) is -3.26. The largest absolute Gasteiger partial charge is 0.377 e. The summed E-state index contributed by atoms with van der Waals surface area (Å²) < 4.78 is 25.0. The van der Waals surface area contributed by atoms with Gasteiger partial charge >= 0.3 is 0 Å². The first-order valence-electron chi connectivity index (χ1n) is 6.79. The van der Waals surface area contributed by atoms with Gasteiger partial charge in [-0.2, -0.15) is 0 Å². The quantitative estimate of drug-likeness (QED) is 0.910. The van der Waals surface area contributed by atoms with Crippen LogP contribution >= 0.6 is 0 Å². The highest BCUT2D eigenvalue weighted by Crippen LogP contribution is 2.32. The van der Waals surface area contributed by atoms with E-state index in [1.165, 1.54) is 5.56 Å². The fourth-order valence-electron chi connectivity index (χ4n) is 2.64. The fourth-order valence-corrected chi connectivity index (χ4v) is 3.20. The van der Waals surface area contributed by atoms with Crippen LogP contribution in [0, 0.1) is 0 Å². The molecule has 2 aromatic rings. The number of aromatic nitrogens is 1. The lowest BCUT2D eigenvalue weighted by molar-refractivity contribution is 0.607. The van der Waals surface area contributed by atoms with Gasteiger partial charge in [0.15, 0.2) is 0 Å². The zero-order valence-electron chi connectivity index (χ0n) is 11.7. The molecule has 0 aliphatic heterocycles. The number of aryl methyl sites for hydroxylation is 1. The molecule has 5 nitrogen and oxygen atoms in total. The molecule has 21 heavy (non-hydrogen) atoms. The standard InChI is InChI=1S/C15H17N3O2S/c1-21(19,20)18-13-6-2-5-12(10-13)17-14-8-7-11-4-3-9-16-15(11)14/h2-6,9-10,14,17-18H,7-8H2,1H3. The minimum absolute atomic E-state index is 0.176. The topological polar surface area (TPSA) is 71.1 Å². The van der Waals surface area contributed by atoms with Gasteiger partial charge in [0.25, 0.3) is 0 Å². The molecular formula is C15H17N3O2S. The third-order valence-corrected chi connectivity index (χ3v) is 4.07. The van der Waals surface area contributed by atoms with Gasteiger partial charge in [-0.1, -0.05) is 12.1 Å². The number of anilines is 2. The second kappa shape index (κ2) is 5.37. The van der Waals surface area contributed by atoms with Crippen molar-refractivity contribution < 1.29 is 8.42 Å². The molecule has 1 atom stereocenters. The summed E-state index contributed by atoms with van der Waals surface area (Å²) >= 11 is 0. The van der Waals surface area contributed by atoms with Crippen molar-refractivity contribution in [3.8, 4) is 0 Å². The van der Waals surface area contributed by atoms with E-state index < -0.39 is 10.0 Å². The Morgan fingerprint density at radius 3 is 2.81 bits per heavy atom. The van der Waals surface area contributed by atoms with Crippen LogP contribution in [-0.2, 0) is 16.4 Å². The first-order chi connectivity index (χ1) is 10.0. The Bertz CT molecular complexity index is 759. The van der Waals surface area contributed by atoms with Crippen molar-refractivity contribution in [2.24, 2.45) is 0 Å². The molecule has 3 rings (SSSR count). The van der Waals surface area contributed by atoms with Crippen LogP contribution in [0.5, 0.6) is 0 Å². The third-order valence-electron chi connectivity index (χ3n) is 3.47. The Morgan fingerprint density at radius 1 is 1.19 bits per heavy atom. The van der Waals surface area contributed by atoms with Crippen LogP contribution in [0.4, 0.5) is 11.4 Å². The Morgan fingerprint density at radius 2 is 2.00 bits per heavy atom. The maximum absolute atomic E-state index is 11.3. The lowest BCUT2D eigenvalue weighted by atomic mass is 10.2. The van der Waals surface area contributed by atoms with E-state index in [9.17, 15) is 8.42 Å². The molecule has 0 saturated carbocycles. The van der Waals surface area contributed by atoms with E-state index >= 15 is 0 Å². The molecule has 6 heteroatoms. The molecule has 1 aromatic heterocycles. The first kappa shape index (κ1) is 13.9. The molecule has 2 N–H and O–H groups in total. The van der Waals surface area contributed by atoms with E-state index in [0.717, 1.165) is 30.5 Å². The highest BCUT2D eigenvalue weighted by Gasteiger charge is 2.23. The summed E-state index contributed by atoms with van der Waals surface area (Å²) in [5, 5.41) is 3.43. The number of hydrogen-bond acceptors (Lipinski definition) is 4. The number of pyridine rings is 1. The van der Waals surface area contributed by atoms with Crippen LogP contribution in [0.15, 0.2) is 42.6 Å². The van der Waals surface area contributed by atoms with Crippen LogP contribution in [-0.4, -0.2) is 19.7 Å². The molecule has 1 aliphatic carbocycles. The molecular weight excluding hydrogens is 286 g/mol. The number of benzene rings is 1. The zero-order chi connectivity index (χ0) is 14.9. The van der Waals surface area contributed by atoms with Crippen LogP contribution in [0.2, 0.25) is 0 Å². The van der Waals surface area contributed by atoms with Gasteiger partial charge in [0, 0.05) is 11.9 Å². The van der Waals surface area contributed by atoms with Crippen LogP contribution in [0.25, 0.3) is 0 Å². The second-order valence-electron chi connectivity index (χ2n) is 5.24. The Labute approximate surface area is 124 Å². The number of nitrogens with one attached hydrogen (secondary N) is 2. The van der Waals surface area contributed by atoms with Crippen LogP contribution in [0.3, 0.4) is 0 Å². The minimum Gasteiger partial charge on any atom is -0.377 e. The van der Waals surface area contributed by atoms with Crippen molar-refractivity contribution in [2.45, 2.75) is 18.9 Å². The Hall–Kier alpha value is -2.08. The van der Waals surface area contributed by atoms with E-state index in [1.54, 1.807) is 18.3 Å². The zero-order valence-corrected chi connectivity index (χ0v) is 12.5. The van der Waals surface area contributed by atoms with Gasteiger partial charge in [0.05, 0.1) is 23.7 Å². The second-order valence-corrected chi connectivity index (χ2v) is 6.99. The van der Waals surface area contributed by atoms with E-state index in [0.29, 0.717) is 5.69 Å². The van der Waals surface area contributed by atoms with E-state index in [4.69, 9.17) is 0 Å².